The van der Waals surface area contributed by atoms with Crippen LogP contribution < -0.4 is 5.32 Å². The molecule has 0 aliphatic carbocycles. The maximum absolute atomic E-state index is 4.53. The van der Waals surface area contributed by atoms with Crippen LogP contribution in [0.1, 0.15) is 17.0 Å². The van der Waals surface area contributed by atoms with Gasteiger partial charge in [0, 0.05) is 57.4 Å². The zero-order chi connectivity index (χ0) is 20.5. The third-order valence-corrected chi connectivity index (χ3v) is 5.52. The topological polar surface area (TPSA) is 45.5 Å². The number of imidazole rings is 1. The molecule has 0 saturated carbocycles. The summed E-state index contributed by atoms with van der Waals surface area (Å²) in [5.41, 5.74) is 2.55. The molecule has 0 fully saturated rings. The largest absolute Gasteiger partial charge is 0.356 e. The van der Waals surface area contributed by atoms with E-state index in [1.54, 1.807) is 11.8 Å². The Morgan fingerprint density at radius 1 is 1.10 bits per heavy atom. The molecule has 0 bridgehead atoms. The van der Waals surface area contributed by atoms with E-state index in [0.717, 1.165) is 37.8 Å². The van der Waals surface area contributed by atoms with Crippen molar-refractivity contribution in [2.24, 2.45) is 4.99 Å². The second kappa shape index (κ2) is 10.7. The smallest absolute Gasteiger partial charge is 0.193 e. The van der Waals surface area contributed by atoms with Gasteiger partial charge in [-0.3, -0.25) is 4.99 Å². The Kier molecular flexibility index (Phi) is 7.76. The summed E-state index contributed by atoms with van der Waals surface area (Å²) >= 11 is 1.76. The van der Waals surface area contributed by atoms with E-state index in [1.165, 1.54) is 16.0 Å². The van der Waals surface area contributed by atoms with Gasteiger partial charge in [0.05, 0.1) is 0 Å². The first-order valence-corrected chi connectivity index (χ1v) is 11.0. The van der Waals surface area contributed by atoms with Crippen molar-refractivity contribution in [3.8, 4) is 0 Å². The second-order valence-electron chi connectivity index (χ2n) is 6.89. The van der Waals surface area contributed by atoms with Crippen molar-refractivity contribution in [3.05, 3.63) is 83.9 Å². The number of thioether (sulfide) groups is 1. The minimum atomic E-state index is 0.786. The average Bonchev–Trinajstić information content (AvgIpc) is 3.19. The summed E-state index contributed by atoms with van der Waals surface area (Å²) in [5.74, 6) is 1.97. The zero-order valence-electron chi connectivity index (χ0n) is 17.4. The van der Waals surface area contributed by atoms with Gasteiger partial charge in [-0.1, -0.05) is 42.5 Å². The fourth-order valence-corrected chi connectivity index (χ4v) is 3.65. The second-order valence-corrected chi connectivity index (χ2v) is 7.76. The van der Waals surface area contributed by atoms with Crippen molar-refractivity contribution in [2.75, 3.05) is 26.9 Å². The molecule has 1 heterocycles. The molecule has 0 radical (unpaired) electrons. The highest BCUT2D eigenvalue weighted by Gasteiger charge is 2.08. The average molecular weight is 408 g/mol. The number of nitrogens with zero attached hydrogens (tertiary/aromatic N) is 4. The predicted octanol–water partition coefficient (Wildman–Crippen LogP) is 3.90. The molecule has 0 unspecified atom stereocenters. The molecule has 5 nitrogen and oxygen atoms in total. The molecule has 152 valence electrons. The van der Waals surface area contributed by atoms with E-state index < -0.39 is 0 Å². The van der Waals surface area contributed by atoms with Crippen LogP contribution >= 0.6 is 11.8 Å². The van der Waals surface area contributed by atoms with E-state index in [0.29, 0.717) is 0 Å². The van der Waals surface area contributed by atoms with Crippen LogP contribution in [0.3, 0.4) is 0 Å². The summed E-state index contributed by atoms with van der Waals surface area (Å²) in [4.78, 5) is 12.4. The molecule has 3 rings (SSSR count). The number of nitrogens with one attached hydrogen (secondary N) is 1. The van der Waals surface area contributed by atoms with Gasteiger partial charge in [-0.15, -0.1) is 11.8 Å². The molecule has 0 aliphatic rings. The van der Waals surface area contributed by atoms with E-state index in [-0.39, 0.29) is 0 Å². The van der Waals surface area contributed by atoms with Gasteiger partial charge in [0.25, 0.3) is 0 Å². The van der Waals surface area contributed by atoms with E-state index >= 15 is 0 Å². The third-order valence-electron chi connectivity index (χ3n) is 4.78. The number of aromatic nitrogens is 2. The standard InChI is InChI=1S/C23H29N5S/c1-24-23(27(2)17-20-9-11-21(29-3)12-10-20)26-14-13-22-25-15-16-28(22)18-19-7-5-4-6-8-19/h4-12,15-16H,13-14,17-18H2,1-3H3,(H,24,26). The van der Waals surface area contributed by atoms with E-state index in [9.17, 15) is 0 Å². The molecule has 1 N–H and O–H groups in total. The number of aliphatic imine (C=N–C) groups is 1. The normalized spacial score (nSPS) is 11.5. The maximum Gasteiger partial charge on any atom is 0.193 e. The van der Waals surface area contributed by atoms with Crippen LogP contribution in [0.25, 0.3) is 0 Å². The van der Waals surface area contributed by atoms with Crippen LogP contribution in [-0.2, 0) is 19.5 Å². The third kappa shape index (κ3) is 6.12. The minimum Gasteiger partial charge on any atom is -0.356 e. The monoisotopic (exact) mass is 407 g/mol. The molecule has 0 amide bonds. The van der Waals surface area contributed by atoms with Crippen molar-refractivity contribution >= 4 is 17.7 Å². The Balaban J connectivity index is 1.51. The molecular formula is C23H29N5S. The van der Waals surface area contributed by atoms with Gasteiger partial charge < -0.3 is 14.8 Å². The van der Waals surface area contributed by atoms with Gasteiger partial charge >= 0.3 is 0 Å². The summed E-state index contributed by atoms with van der Waals surface area (Å²) in [6.45, 7) is 2.45. The number of guanidine groups is 1. The van der Waals surface area contributed by atoms with Crippen LogP contribution in [-0.4, -0.2) is 47.3 Å². The van der Waals surface area contributed by atoms with Crippen LogP contribution in [0.2, 0.25) is 0 Å². The van der Waals surface area contributed by atoms with Gasteiger partial charge in [0.1, 0.15) is 5.82 Å². The maximum atomic E-state index is 4.53. The molecule has 3 aromatic rings. The summed E-state index contributed by atoms with van der Waals surface area (Å²) in [7, 11) is 3.89. The number of benzene rings is 2. The van der Waals surface area contributed by atoms with E-state index in [2.05, 4.69) is 86.6 Å². The van der Waals surface area contributed by atoms with Crippen LogP contribution in [0.5, 0.6) is 0 Å². The highest BCUT2D eigenvalue weighted by molar-refractivity contribution is 7.98. The highest BCUT2D eigenvalue weighted by Crippen LogP contribution is 2.15. The van der Waals surface area contributed by atoms with Crippen molar-refractivity contribution in [1.29, 1.82) is 0 Å². The Morgan fingerprint density at radius 2 is 1.86 bits per heavy atom. The van der Waals surface area contributed by atoms with Crippen molar-refractivity contribution < 1.29 is 0 Å². The summed E-state index contributed by atoms with van der Waals surface area (Å²) in [6.07, 6.45) is 6.85. The van der Waals surface area contributed by atoms with Crippen LogP contribution in [0.4, 0.5) is 0 Å². The fourth-order valence-electron chi connectivity index (χ4n) is 3.24. The van der Waals surface area contributed by atoms with Crippen molar-refractivity contribution in [2.45, 2.75) is 24.4 Å². The number of hydrogen-bond acceptors (Lipinski definition) is 3. The quantitative estimate of drug-likeness (QED) is 0.349. The SMILES string of the molecule is CN=C(NCCc1nccn1Cc1ccccc1)N(C)Cc1ccc(SC)cc1. The lowest BCUT2D eigenvalue weighted by molar-refractivity contribution is 0.476. The Hall–Kier alpha value is -2.73. The molecule has 0 aliphatic heterocycles. The molecular weight excluding hydrogens is 378 g/mol. The molecule has 2 aromatic carbocycles. The van der Waals surface area contributed by atoms with Gasteiger partial charge in [0.2, 0.25) is 0 Å². The Bertz CT molecular complexity index is 903. The van der Waals surface area contributed by atoms with Gasteiger partial charge in [0.15, 0.2) is 5.96 Å². The van der Waals surface area contributed by atoms with Gasteiger partial charge in [-0.25, -0.2) is 4.98 Å². The predicted molar refractivity (Wildman–Crippen MR) is 123 cm³/mol. The van der Waals surface area contributed by atoms with Gasteiger partial charge in [-0.2, -0.15) is 0 Å². The lowest BCUT2D eigenvalue weighted by Gasteiger charge is -2.22. The fraction of sp³-hybridized carbons (Fsp3) is 0.304. The summed E-state index contributed by atoms with van der Waals surface area (Å²) in [6, 6.07) is 19.2. The van der Waals surface area contributed by atoms with Crippen molar-refractivity contribution in [3.63, 3.8) is 0 Å². The lowest BCUT2D eigenvalue weighted by Crippen LogP contribution is -2.39. The molecule has 0 spiro atoms. The van der Waals surface area contributed by atoms with E-state index in [4.69, 9.17) is 0 Å². The first-order valence-electron chi connectivity index (χ1n) is 9.78. The first-order chi connectivity index (χ1) is 14.2. The van der Waals surface area contributed by atoms with Crippen LogP contribution in [0, 0.1) is 0 Å². The highest BCUT2D eigenvalue weighted by atomic mass is 32.2. The zero-order valence-corrected chi connectivity index (χ0v) is 18.2. The Labute approximate surface area is 177 Å². The summed E-state index contributed by atoms with van der Waals surface area (Å²) in [5, 5.41) is 3.46. The number of hydrogen-bond donors (Lipinski definition) is 1. The van der Waals surface area contributed by atoms with Crippen LogP contribution in [0.15, 0.2) is 76.9 Å². The Morgan fingerprint density at radius 3 is 2.55 bits per heavy atom. The van der Waals surface area contributed by atoms with Gasteiger partial charge in [-0.05, 0) is 29.5 Å². The molecule has 1 aromatic heterocycles. The first kappa shape index (κ1) is 21.0. The van der Waals surface area contributed by atoms with Crippen molar-refractivity contribution in [1.82, 2.24) is 19.8 Å². The molecule has 29 heavy (non-hydrogen) atoms. The van der Waals surface area contributed by atoms with E-state index in [1.807, 2.05) is 25.5 Å². The summed E-state index contributed by atoms with van der Waals surface area (Å²) < 4.78 is 2.21. The molecule has 0 atom stereocenters. The molecule has 0 saturated heterocycles. The minimum absolute atomic E-state index is 0.786. The molecule has 6 heteroatoms. The number of rotatable bonds is 8. The lowest BCUT2D eigenvalue weighted by atomic mass is 10.2.